The highest BCUT2D eigenvalue weighted by Gasteiger charge is 2.36. The van der Waals surface area contributed by atoms with Gasteiger partial charge in [-0.1, -0.05) is 52.5 Å². The molecule has 2 rings (SSSR count). The predicted molar refractivity (Wildman–Crippen MR) is 170 cm³/mol. The van der Waals surface area contributed by atoms with Crippen molar-refractivity contribution in [2.45, 2.75) is 105 Å². The van der Waals surface area contributed by atoms with Crippen LogP contribution < -0.4 is 15.4 Å². The average Bonchev–Trinajstić information content (AvgIpc) is 2.92. The van der Waals surface area contributed by atoms with Crippen molar-refractivity contribution in [2.24, 2.45) is 5.92 Å². The van der Waals surface area contributed by atoms with E-state index in [0.717, 1.165) is 25.7 Å². The predicted octanol–water partition coefficient (Wildman–Crippen LogP) is 7.13. The number of carbonyl (C=O) groups is 3. The molecule has 2 unspecified atom stereocenters. The van der Waals surface area contributed by atoms with Gasteiger partial charge in [-0.05, 0) is 94.0 Å². The van der Waals surface area contributed by atoms with Crippen LogP contribution >= 0.6 is 0 Å². The molecule has 0 radical (unpaired) electrons. The minimum Gasteiger partial charge on any atom is -0.508 e. The molecular weight excluding hydrogens is 546 g/mol. The van der Waals surface area contributed by atoms with Gasteiger partial charge in [0.2, 0.25) is 5.91 Å². The van der Waals surface area contributed by atoms with E-state index >= 15 is 0 Å². The summed E-state index contributed by atoms with van der Waals surface area (Å²) in [6.07, 6.45) is 4.45. The number of amides is 3. The fourth-order valence-electron chi connectivity index (χ4n) is 4.80. The zero-order valence-electron chi connectivity index (χ0n) is 27.2. The number of aryl methyl sites for hydroxylation is 1. The number of hydrogen-bond donors (Lipinski definition) is 3. The molecule has 3 N–H and O–H groups in total. The van der Waals surface area contributed by atoms with E-state index in [0.29, 0.717) is 42.0 Å². The number of phenolic OH excluding ortho intramolecular Hbond substituents is 1. The van der Waals surface area contributed by atoms with E-state index < -0.39 is 29.7 Å². The van der Waals surface area contributed by atoms with E-state index in [9.17, 15) is 19.5 Å². The van der Waals surface area contributed by atoms with E-state index in [4.69, 9.17) is 9.47 Å². The molecule has 0 fully saturated rings. The first kappa shape index (κ1) is 35.4. The summed E-state index contributed by atoms with van der Waals surface area (Å²) in [4.78, 5) is 42.9. The van der Waals surface area contributed by atoms with E-state index in [-0.39, 0.29) is 17.6 Å². The van der Waals surface area contributed by atoms with Crippen molar-refractivity contribution in [3.05, 3.63) is 53.6 Å². The highest BCUT2D eigenvalue weighted by molar-refractivity contribution is 5.99. The molecule has 2 aromatic carbocycles. The van der Waals surface area contributed by atoms with Crippen LogP contribution in [-0.4, -0.2) is 53.2 Å². The topological polar surface area (TPSA) is 117 Å². The minimum atomic E-state index is -1.02. The third-order valence-electron chi connectivity index (χ3n) is 6.94. The summed E-state index contributed by atoms with van der Waals surface area (Å²) in [5.41, 5.74) is 0.954. The number of nitrogens with one attached hydrogen (secondary N) is 2. The lowest BCUT2D eigenvalue weighted by Gasteiger charge is -2.35. The van der Waals surface area contributed by atoms with Crippen molar-refractivity contribution in [1.29, 1.82) is 0 Å². The molecule has 0 heterocycles. The van der Waals surface area contributed by atoms with Gasteiger partial charge in [-0.15, -0.1) is 0 Å². The van der Waals surface area contributed by atoms with Crippen LogP contribution in [0.2, 0.25) is 0 Å². The second-order valence-electron chi connectivity index (χ2n) is 12.4. The molecule has 0 bridgehead atoms. The Balaban J connectivity index is 2.56. The summed E-state index contributed by atoms with van der Waals surface area (Å²) in [5.74, 6) is 0.0586. The Bertz CT molecular complexity index is 1190. The molecule has 2 atom stereocenters. The Morgan fingerprint density at radius 2 is 1.63 bits per heavy atom. The summed E-state index contributed by atoms with van der Waals surface area (Å²) in [5, 5.41) is 16.0. The van der Waals surface area contributed by atoms with Gasteiger partial charge >= 0.3 is 6.09 Å². The Morgan fingerprint density at radius 1 is 0.977 bits per heavy atom. The molecule has 9 heteroatoms. The van der Waals surface area contributed by atoms with Crippen LogP contribution in [0.3, 0.4) is 0 Å². The summed E-state index contributed by atoms with van der Waals surface area (Å²) in [6.45, 7) is 13.4. The second-order valence-corrected chi connectivity index (χ2v) is 12.4. The molecule has 43 heavy (non-hydrogen) atoms. The van der Waals surface area contributed by atoms with Crippen molar-refractivity contribution in [3.63, 3.8) is 0 Å². The molecular formula is C34H51N3O6. The first-order chi connectivity index (χ1) is 20.2. The number of anilines is 1. The summed E-state index contributed by atoms with van der Waals surface area (Å²) >= 11 is 0. The number of nitrogens with zero attached hydrogens (tertiary/aromatic N) is 1. The van der Waals surface area contributed by atoms with Gasteiger partial charge in [0.15, 0.2) is 0 Å². The van der Waals surface area contributed by atoms with E-state index in [2.05, 4.69) is 17.6 Å². The zero-order chi connectivity index (χ0) is 32.2. The molecule has 238 valence electrons. The van der Waals surface area contributed by atoms with Crippen LogP contribution in [0.1, 0.15) is 97.2 Å². The molecule has 0 aromatic heterocycles. The Morgan fingerprint density at radius 3 is 2.19 bits per heavy atom. The molecule has 0 aliphatic rings. The molecule has 2 aromatic rings. The number of phenols is 1. The SMILES string of the molecule is CCCCCCCN(C(=O)C(CC(C)C)NC(=O)OC(C)(C)C)C(C(=O)Nc1ccc(OC)cc1)c1ccc(O)c(C)c1. The van der Waals surface area contributed by atoms with Crippen LogP contribution in [0.25, 0.3) is 0 Å². The van der Waals surface area contributed by atoms with Gasteiger partial charge in [0.25, 0.3) is 5.91 Å². The first-order valence-electron chi connectivity index (χ1n) is 15.3. The van der Waals surface area contributed by atoms with Crippen LogP contribution in [-0.2, 0) is 14.3 Å². The molecule has 0 spiro atoms. The number of rotatable bonds is 15. The van der Waals surface area contributed by atoms with Crippen LogP contribution in [0.15, 0.2) is 42.5 Å². The number of hydrogen-bond acceptors (Lipinski definition) is 6. The molecule has 0 saturated carbocycles. The lowest BCUT2D eigenvalue weighted by molar-refractivity contribution is -0.141. The van der Waals surface area contributed by atoms with Gasteiger partial charge in [-0.2, -0.15) is 0 Å². The number of carbonyl (C=O) groups excluding carboxylic acids is 3. The van der Waals surface area contributed by atoms with Crippen molar-refractivity contribution in [3.8, 4) is 11.5 Å². The maximum absolute atomic E-state index is 14.4. The van der Waals surface area contributed by atoms with Gasteiger partial charge in [0.1, 0.15) is 29.2 Å². The number of aromatic hydroxyl groups is 1. The van der Waals surface area contributed by atoms with Gasteiger partial charge in [-0.3, -0.25) is 9.59 Å². The van der Waals surface area contributed by atoms with Crippen LogP contribution in [0.4, 0.5) is 10.5 Å². The largest absolute Gasteiger partial charge is 0.508 e. The second kappa shape index (κ2) is 16.8. The van der Waals surface area contributed by atoms with Gasteiger partial charge in [-0.25, -0.2) is 4.79 Å². The van der Waals surface area contributed by atoms with Gasteiger partial charge in [0.05, 0.1) is 7.11 Å². The third kappa shape index (κ3) is 11.8. The van der Waals surface area contributed by atoms with Crippen molar-refractivity contribution in [2.75, 3.05) is 19.0 Å². The number of ether oxygens (including phenoxy) is 2. The highest BCUT2D eigenvalue weighted by atomic mass is 16.6. The summed E-state index contributed by atoms with van der Waals surface area (Å²) < 4.78 is 10.7. The van der Waals surface area contributed by atoms with E-state index in [1.54, 1.807) is 76.1 Å². The maximum Gasteiger partial charge on any atom is 0.408 e. The fraction of sp³-hybridized carbons (Fsp3) is 0.559. The highest BCUT2D eigenvalue weighted by Crippen LogP contribution is 2.29. The monoisotopic (exact) mass is 597 g/mol. The third-order valence-corrected chi connectivity index (χ3v) is 6.94. The van der Waals surface area contributed by atoms with Crippen LogP contribution in [0.5, 0.6) is 11.5 Å². The number of benzene rings is 2. The lowest BCUT2D eigenvalue weighted by atomic mass is 9.97. The minimum absolute atomic E-state index is 0.0813. The lowest BCUT2D eigenvalue weighted by Crippen LogP contribution is -2.53. The zero-order valence-corrected chi connectivity index (χ0v) is 27.2. The maximum atomic E-state index is 14.4. The number of unbranched alkanes of at least 4 members (excludes halogenated alkanes) is 4. The Labute approximate surface area is 257 Å². The number of methoxy groups -OCH3 is 1. The smallest absolute Gasteiger partial charge is 0.408 e. The summed E-state index contributed by atoms with van der Waals surface area (Å²) in [6, 6.07) is 9.96. The Kier molecular flexibility index (Phi) is 13.8. The first-order valence-corrected chi connectivity index (χ1v) is 15.3. The van der Waals surface area contributed by atoms with E-state index in [1.807, 2.05) is 13.8 Å². The number of alkyl carbamates (subject to hydrolysis) is 1. The average molecular weight is 598 g/mol. The molecule has 3 amide bonds. The normalized spacial score (nSPS) is 12.8. The van der Waals surface area contributed by atoms with Crippen molar-refractivity contribution < 1.29 is 29.0 Å². The molecule has 0 aliphatic carbocycles. The molecule has 0 saturated heterocycles. The fourth-order valence-corrected chi connectivity index (χ4v) is 4.80. The molecule has 0 aliphatic heterocycles. The Hall–Kier alpha value is -3.75. The van der Waals surface area contributed by atoms with Crippen LogP contribution in [0, 0.1) is 12.8 Å². The van der Waals surface area contributed by atoms with Crippen molar-refractivity contribution in [1.82, 2.24) is 10.2 Å². The standard InChI is InChI=1S/C34H51N3O6/c1-9-10-11-12-13-20-37(32(40)28(21-23(2)3)36-33(41)43-34(5,6)7)30(25-14-19-29(38)24(4)22-25)31(39)35-26-15-17-27(42-8)18-16-26/h14-19,22-23,28,30,38H,9-13,20-21H2,1-8H3,(H,35,39)(H,36,41). The van der Waals surface area contributed by atoms with Gasteiger partial charge in [0, 0.05) is 12.2 Å². The molecule has 9 nitrogen and oxygen atoms in total. The van der Waals surface area contributed by atoms with Crippen molar-refractivity contribution >= 4 is 23.6 Å². The quantitative estimate of drug-likeness (QED) is 0.188. The van der Waals surface area contributed by atoms with E-state index in [1.165, 1.54) is 6.07 Å². The van der Waals surface area contributed by atoms with Gasteiger partial charge < -0.3 is 30.1 Å². The summed E-state index contributed by atoms with van der Waals surface area (Å²) in [7, 11) is 1.57.